The molecule has 1 fully saturated rings. The number of benzene rings is 1. The first-order chi connectivity index (χ1) is 13.7. The Labute approximate surface area is 163 Å². The summed E-state index contributed by atoms with van der Waals surface area (Å²) >= 11 is 0. The van der Waals surface area contributed by atoms with Gasteiger partial charge in [0.05, 0.1) is 6.54 Å². The van der Waals surface area contributed by atoms with Gasteiger partial charge in [-0.05, 0) is 25.3 Å². The van der Waals surface area contributed by atoms with Gasteiger partial charge in [-0.3, -0.25) is 0 Å². The fourth-order valence-corrected chi connectivity index (χ4v) is 3.14. The Kier molecular flexibility index (Phi) is 5.10. The first kappa shape index (κ1) is 18.2. The van der Waals surface area contributed by atoms with E-state index >= 15 is 0 Å². The zero-order chi connectivity index (χ0) is 19.5. The standard InChI is InChI=1S/C20H24N6O2/c1-3-26(13-16-22-19(28-24-16)15-9-10-15)20(27)23-17(14-7-5-4-6-8-14)18-21-11-12-25(18)2/h4-8,11-12,15,17H,3,9-10,13H2,1-2H3,(H,23,27). The fraction of sp³-hybridized carbons (Fsp3) is 0.400. The Hall–Kier alpha value is -3.16. The summed E-state index contributed by atoms with van der Waals surface area (Å²) in [5.74, 6) is 2.39. The molecule has 0 bridgehead atoms. The molecule has 0 radical (unpaired) electrons. The Balaban J connectivity index is 1.51. The third kappa shape index (κ3) is 3.90. The number of rotatable bonds is 7. The van der Waals surface area contributed by atoms with E-state index < -0.39 is 0 Å². The molecule has 0 aliphatic heterocycles. The van der Waals surface area contributed by atoms with Crippen molar-refractivity contribution >= 4 is 6.03 Å². The van der Waals surface area contributed by atoms with Crippen molar-refractivity contribution in [1.29, 1.82) is 0 Å². The van der Waals surface area contributed by atoms with Gasteiger partial charge in [0.25, 0.3) is 0 Å². The lowest BCUT2D eigenvalue weighted by Gasteiger charge is -2.25. The Bertz CT molecular complexity index is 931. The van der Waals surface area contributed by atoms with Crippen LogP contribution in [0.25, 0.3) is 0 Å². The highest BCUT2D eigenvalue weighted by Crippen LogP contribution is 2.38. The molecule has 1 aliphatic carbocycles. The summed E-state index contributed by atoms with van der Waals surface area (Å²) in [5, 5.41) is 7.13. The molecule has 2 amide bonds. The van der Waals surface area contributed by atoms with Crippen molar-refractivity contribution < 1.29 is 9.32 Å². The van der Waals surface area contributed by atoms with E-state index in [-0.39, 0.29) is 12.1 Å². The molecule has 0 saturated heterocycles. The van der Waals surface area contributed by atoms with E-state index in [2.05, 4.69) is 20.4 Å². The minimum Gasteiger partial charge on any atom is -0.339 e. The molecule has 146 valence electrons. The van der Waals surface area contributed by atoms with Gasteiger partial charge in [-0.1, -0.05) is 35.5 Å². The van der Waals surface area contributed by atoms with E-state index in [0.29, 0.717) is 30.7 Å². The number of hydrogen-bond donors (Lipinski definition) is 1. The monoisotopic (exact) mass is 380 g/mol. The van der Waals surface area contributed by atoms with E-state index in [1.165, 1.54) is 0 Å². The van der Waals surface area contributed by atoms with Crippen LogP contribution in [0.2, 0.25) is 0 Å². The molecular formula is C20H24N6O2. The highest BCUT2D eigenvalue weighted by Gasteiger charge is 2.30. The van der Waals surface area contributed by atoms with Crippen LogP contribution in [0, 0.1) is 0 Å². The van der Waals surface area contributed by atoms with Crippen molar-refractivity contribution in [1.82, 2.24) is 29.9 Å². The molecule has 1 aromatic carbocycles. The molecule has 3 aromatic rings. The van der Waals surface area contributed by atoms with Crippen LogP contribution in [-0.4, -0.2) is 37.2 Å². The van der Waals surface area contributed by atoms with Gasteiger partial charge in [0.1, 0.15) is 11.9 Å². The molecule has 0 spiro atoms. The van der Waals surface area contributed by atoms with E-state index in [1.54, 1.807) is 11.1 Å². The van der Waals surface area contributed by atoms with E-state index in [0.717, 1.165) is 24.2 Å². The largest absolute Gasteiger partial charge is 0.339 e. The average molecular weight is 380 g/mol. The molecule has 4 rings (SSSR count). The molecule has 1 atom stereocenters. The zero-order valence-corrected chi connectivity index (χ0v) is 16.1. The number of nitrogens with zero attached hydrogens (tertiary/aromatic N) is 5. The number of amides is 2. The normalized spacial score (nSPS) is 14.6. The first-order valence-electron chi connectivity index (χ1n) is 9.55. The van der Waals surface area contributed by atoms with Crippen LogP contribution in [0.5, 0.6) is 0 Å². The predicted octanol–water partition coefficient (Wildman–Crippen LogP) is 3.00. The Morgan fingerprint density at radius 3 is 2.79 bits per heavy atom. The summed E-state index contributed by atoms with van der Waals surface area (Å²) in [7, 11) is 1.92. The van der Waals surface area contributed by atoms with Gasteiger partial charge in [0.15, 0.2) is 5.82 Å². The van der Waals surface area contributed by atoms with Gasteiger partial charge in [-0.2, -0.15) is 4.98 Å². The number of aryl methyl sites for hydroxylation is 1. The minimum absolute atomic E-state index is 0.197. The average Bonchev–Trinajstić information content (AvgIpc) is 3.32. The SMILES string of the molecule is CCN(Cc1noc(C2CC2)n1)C(=O)NC(c1ccccc1)c1nccn1C. The lowest BCUT2D eigenvalue weighted by molar-refractivity contribution is 0.193. The maximum atomic E-state index is 13.0. The van der Waals surface area contributed by atoms with Crippen molar-refractivity contribution in [2.24, 2.45) is 7.05 Å². The molecule has 2 heterocycles. The van der Waals surface area contributed by atoms with E-state index in [9.17, 15) is 4.79 Å². The molecule has 8 heteroatoms. The molecule has 1 N–H and O–H groups in total. The maximum Gasteiger partial charge on any atom is 0.318 e. The smallest absolute Gasteiger partial charge is 0.318 e. The summed E-state index contributed by atoms with van der Waals surface area (Å²) in [6.07, 6.45) is 5.80. The molecular weight excluding hydrogens is 356 g/mol. The minimum atomic E-state index is -0.352. The van der Waals surface area contributed by atoms with Gasteiger partial charge in [-0.15, -0.1) is 0 Å². The number of urea groups is 1. The van der Waals surface area contributed by atoms with Crippen LogP contribution in [0.3, 0.4) is 0 Å². The van der Waals surface area contributed by atoms with Gasteiger partial charge in [-0.25, -0.2) is 9.78 Å². The highest BCUT2D eigenvalue weighted by molar-refractivity contribution is 5.75. The topological polar surface area (TPSA) is 89.1 Å². The second-order valence-electron chi connectivity index (χ2n) is 7.03. The second kappa shape index (κ2) is 7.84. The van der Waals surface area contributed by atoms with Crippen LogP contribution >= 0.6 is 0 Å². The molecule has 1 unspecified atom stereocenters. The predicted molar refractivity (Wildman–Crippen MR) is 102 cm³/mol. The van der Waals surface area contributed by atoms with Gasteiger partial charge in [0.2, 0.25) is 5.89 Å². The molecule has 2 aromatic heterocycles. The van der Waals surface area contributed by atoms with Crippen molar-refractivity contribution in [3.8, 4) is 0 Å². The lowest BCUT2D eigenvalue weighted by Crippen LogP contribution is -2.42. The Morgan fingerprint density at radius 2 is 2.14 bits per heavy atom. The molecule has 28 heavy (non-hydrogen) atoms. The van der Waals surface area contributed by atoms with Gasteiger partial charge in [0, 0.05) is 31.9 Å². The van der Waals surface area contributed by atoms with Crippen molar-refractivity contribution in [2.75, 3.05) is 6.54 Å². The molecule has 1 aliphatic rings. The Morgan fingerprint density at radius 1 is 1.36 bits per heavy atom. The quantitative estimate of drug-likeness (QED) is 0.681. The summed E-state index contributed by atoms with van der Waals surface area (Å²) < 4.78 is 7.22. The van der Waals surface area contributed by atoms with E-state index in [4.69, 9.17) is 4.52 Å². The van der Waals surface area contributed by atoms with Crippen LogP contribution in [0.1, 0.15) is 54.8 Å². The van der Waals surface area contributed by atoms with Crippen molar-refractivity contribution in [3.63, 3.8) is 0 Å². The summed E-state index contributed by atoms with van der Waals surface area (Å²) in [5.41, 5.74) is 0.969. The lowest BCUT2D eigenvalue weighted by atomic mass is 10.1. The number of nitrogens with one attached hydrogen (secondary N) is 1. The summed E-state index contributed by atoms with van der Waals surface area (Å²) in [4.78, 5) is 23.5. The molecule has 1 saturated carbocycles. The second-order valence-corrected chi connectivity index (χ2v) is 7.03. The van der Waals surface area contributed by atoms with Crippen molar-refractivity contribution in [2.45, 2.75) is 38.3 Å². The van der Waals surface area contributed by atoms with Crippen molar-refractivity contribution in [3.05, 3.63) is 65.8 Å². The number of carbonyl (C=O) groups excluding carboxylic acids is 1. The van der Waals surface area contributed by atoms with Crippen LogP contribution < -0.4 is 5.32 Å². The number of carbonyl (C=O) groups is 1. The highest BCUT2D eigenvalue weighted by atomic mass is 16.5. The maximum absolute atomic E-state index is 13.0. The first-order valence-corrected chi connectivity index (χ1v) is 9.55. The van der Waals surface area contributed by atoms with Crippen LogP contribution in [-0.2, 0) is 13.6 Å². The number of imidazole rings is 1. The number of aromatic nitrogens is 4. The third-order valence-electron chi connectivity index (χ3n) is 4.93. The molecule has 8 nitrogen and oxygen atoms in total. The van der Waals surface area contributed by atoms with Crippen LogP contribution in [0.4, 0.5) is 4.79 Å². The van der Waals surface area contributed by atoms with Gasteiger partial charge >= 0.3 is 6.03 Å². The van der Waals surface area contributed by atoms with Crippen LogP contribution in [0.15, 0.2) is 47.2 Å². The van der Waals surface area contributed by atoms with E-state index in [1.807, 2.05) is 55.1 Å². The summed E-state index contributed by atoms with van der Waals surface area (Å²) in [6.45, 7) is 2.77. The summed E-state index contributed by atoms with van der Waals surface area (Å²) in [6, 6.07) is 9.27. The fourth-order valence-electron chi connectivity index (χ4n) is 3.14. The third-order valence-corrected chi connectivity index (χ3v) is 4.93. The zero-order valence-electron chi connectivity index (χ0n) is 16.1. The number of hydrogen-bond acceptors (Lipinski definition) is 5. The van der Waals surface area contributed by atoms with Gasteiger partial charge < -0.3 is 19.3 Å².